The Morgan fingerprint density at radius 3 is 2.30 bits per heavy atom. The first kappa shape index (κ1) is 15.5. The molecular formula is C17H28N2O. The van der Waals surface area contributed by atoms with Crippen LogP contribution in [0.5, 0.6) is 0 Å². The Hall–Kier alpha value is -0.900. The van der Waals surface area contributed by atoms with Crippen molar-refractivity contribution in [2.24, 2.45) is 0 Å². The molecule has 0 aliphatic carbocycles. The number of benzene rings is 1. The number of piperidine rings is 1. The molecule has 0 spiro atoms. The van der Waals surface area contributed by atoms with E-state index in [1.165, 1.54) is 18.4 Å². The van der Waals surface area contributed by atoms with E-state index in [2.05, 4.69) is 55.1 Å². The molecule has 1 aromatic carbocycles. The van der Waals surface area contributed by atoms with E-state index < -0.39 is 0 Å². The molecule has 0 amide bonds. The van der Waals surface area contributed by atoms with Crippen LogP contribution in [0.15, 0.2) is 30.3 Å². The van der Waals surface area contributed by atoms with Gasteiger partial charge >= 0.3 is 0 Å². The fourth-order valence-electron chi connectivity index (χ4n) is 3.16. The van der Waals surface area contributed by atoms with Gasteiger partial charge in [0.2, 0.25) is 0 Å². The van der Waals surface area contributed by atoms with Crippen molar-refractivity contribution >= 4 is 0 Å². The summed E-state index contributed by atoms with van der Waals surface area (Å²) in [5.74, 6) is 0. The number of hydrogen-bond donors (Lipinski definition) is 1. The Morgan fingerprint density at radius 1 is 1.20 bits per heavy atom. The fraction of sp³-hybridized carbons (Fsp3) is 0.647. The van der Waals surface area contributed by atoms with Crippen molar-refractivity contribution in [3.05, 3.63) is 35.9 Å². The average Bonchev–Trinajstić information content (AvgIpc) is 2.48. The summed E-state index contributed by atoms with van der Waals surface area (Å²) >= 11 is 0. The number of likely N-dealkylation sites (tertiary alicyclic amines) is 1. The van der Waals surface area contributed by atoms with Crippen LogP contribution in [0.4, 0.5) is 0 Å². The van der Waals surface area contributed by atoms with Gasteiger partial charge in [-0.05, 0) is 45.6 Å². The minimum absolute atomic E-state index is 0.161. The molecule has 0 saturated carbocycles. The number of hydrogen-bond acceptors (Lipinski definition) is 3. The van der Waals surface area contributed by atoms with Gasteiger partial charge in [0.25, 0.3) is 0 Å². The number of rotatable bonds is 5. The first-order chi connectivity index (χ1) is 9.55. The minimum atomic E-state index is -0.161. The van der Waals surface area contributed by atoms with Crippen LogP contribution in [0.2, 0.25) is 0 Å². The van der Waals surface area contributed by atoms with E-state index in [0.717, 1.165) is 19.6 Å². The summed E-state index contributed by atoms with van der Waals surface area (Å²) in [7, 11) is 4.34. The summed E-state index contributed by atoms with van der Waals surface area (Å²) < 4.78 is 0. The Kier molecular flexibility index (Phi) is 5.19. The van der Waals surface area contributed by atoms with Crippen LogP contribution in [0, 0.1) is 0 Å². The Bertz CT molecular complexity index is 399. The lowest BCUT2D eigenvalue weighted by Crippen LogP contribution is -2.47. The lowest BCUT2D eigenvalue weighted by Gasteiger charge is -2.40. The molecule has 1 heterocycles. The lowest BCUT2D eigenvalue weighted by atomic mass is 9.82. The van der Waals surface area contributed by atoms with Gasteiger partial charge in [0.1, 0.15) is 0 Å². The van der Waals surface area contributed by atoms with Gasteiger partial charge in [0.05, 0.1) is 6.61 Å². The highest BCUT2D eigenvalue weighted by Gasteiger charge is 2.30. The van der Waals surface area contributed by atoms with E-state index in [0.29, 0.717) is 6.04 Å². The molecular weight excluding hydrogens is 248 g/mol. The van der Waals surface area contributed by atoms with Gasteiger partial charge < -0.3 is 14.9 Å². The molecule has 0 bridgehead atoms. The summed E-state index contributed by atoms with van der Waals surface area (Å²) in [4.78, 5) is 4.84. The molecule has 0 radical (unpaired) electrons. The molecule has 3 heteroatoms. The molecule has 1 aromatic rings. The van der Waals surface area contributed by atoms with Crippen LogP contribution in [-0.2, 0) is 5.41 Å². The quantitative estimate of drug-likeness (QED) is 0.890. The fourth-order valence-corrected chi connectivity index (χ4v) is 3.16. The van der Waals surface area contributed by atoms with Gasteiger partial charge in [0.15, 0.2) is 0 Å². The molecule has 20 heavy (non-hydrogen) atoms. The molecule has 1 aliphatic rings. The summed E-state index contributed by atoms with van der Waals surface area (Å²) in [5.41, 5.74) is 1.07. The Labute approximate surface area is 123 Å². The maximum absolute atomic E-state index is 9.87. The van der Waals surface area contributed by atoms with Crippen molar-refractivity contribution in [1.82, 2.24) is 9.80 Å². The largest absolute Gasteiger partial charge is 0.395 e. The van der Waals surface area contributed by atoms with Crippen LogP contribution in [-0.4, -0.2) is 61.3 Å². The third-order valence-corrected chi connectivity index (χ3v) is 4.68. The third kappa shape index (κ3) is 3.60. The number of aliphatic hydroxyl groups excluding tert-OH is 1. The second-order valence-electron chi connectivity index (χ2n) is 6.56. The molecule has 112 valence electrons. The Balaban J connectivity index is 1.98. The summed E-state index contributed by atoms with van der Waals surface area (Å²) in [6.45, 7) is 5.56. The van der Waals surface area contributed by atoms with Crippen LogP contribution < -0.4 is 0 Å². The molecule has 1 atom stereocenters. The highest BCUT2D eigenvalue weighted by atomic mass is 16.3. The van der Waals surface area contributed by atoms with E-state index in [9.17, 15) is 5.11 Å². The van der Waals surface area contributed by atoms with Gasteiger partial charge in [-0.25, -0.2) is 0 Å². The molecule has 1 fully saturated rings. The van der Waals surface area contributed by atoms with Crippen molar-refractivity contribution in [3.63, 3.8) is 0 Å². The minimum Gasteiger partial charge on any atom is -0.395 e. The highest BCUT2D eigenvalue weighted by molar-refractivity contribution is 5.25. The maximum Gasteiger partial charge on any atom is 0.0537 e. The van der Waals surface area contributed by atoms with E-state index in [1.807, 2.05) is 6.07 Å². The van der Waals surface area contributed by atoms with Gasteiger partial charge in [-0.15, -0.1) is 0 Å². The normalized spacial score (nSPS) is 21.1. The molecule has 1 aliphatic heterocycles. The van der Waals surface area contributed by atoms with E-state index in [-0.39, 0.29) is 12.0 Å². The molecule has 1 unspecified atom stereocenters. The highest BCUT2D eigenvalue weighted by Crippen LogP contribution is 2.26. The van der Waals surface area contributed by atoms with Crippen LogP contribution >= 0.6 is 0 Å². The van der Waals surface area contributed by atoms with Gasteiger partial charge in [-0.3, -0.25) is 0 Å². The van der Waals surface area contributed by atoms with E-state index in [1.54, 1.807) is 0 Å². The zero-order chi connectivity index (χ0) is 14.6. The maximum atomic E-state index is 9.87. The zero-order valence-electron chi connectivity index (χ0n) is 13.0. The average molecular weight is 276 g/mol. The van der Waals surface area contributed by atoms with Crippen LogP contribution in [0.25, 0.3) is 0 Å². The predicted molar refractivity (Wildman–Crippen MR) is 84.0 cm³/mol. The first-order valence-corrected chi connectivity index (χ1v) is 7.60. The van der Waals surface area contributed by atoms with Crippen molar-refractivity contribution in [2.45, 2.75) is 31.2 Å². The topological polar surface area (TPSA) is 26.7 Å². The van der Waals surface area contributed by atoms with Gasteiger partial charge in [0, 0.05) is 18.0 Å². The summed E-state index contributed by atoms with van der Waals surface area (Å²) in [5, 5.41) is 9.87. The predicted octanol–water partition coefficient (Wildman–Crippen LogP) is 1.96. The monoisotopic (exact) mass is 276 g/mol. The standard InChI is InChI=1S/C17H28N2O/c1-17(14-20,15-7-5-4-6-8-15)13-19-11-9-16(10-12-19)18(2)3/h4-8,16,20H,9-14H2,1-3H3. The Morgan fingerprint density at radius 2 is 1.80 bits per heavy atom. The molecule has 1 saturated heterocycles. The summed E-state index contributed by atoms with van der Waals surface area (Å²) in [6, 6.07) is 11.1. The third-order valence-electron chi connectivity index (χ3n) is 4.68. The van der Waals surface area contributed by atoms with E-state index in [4.69, 9.17) is 0 Å². The second kappa shape index (κ2) is 6.70. The lowest BCUT2D eigenvalue weighted by molar-refractivity contribution is 0.0998. The molecule has 1 N–H and O–H groups in total. The van der Waals surface area contributed by atoms with Crippen molar-refractivity contribution in [1.29, 1.82) is 0 Å². The number of aliphatic hydroxyl groups is 1. The van der Waals surface area contributed by atoms with Crippen molar-refractivity contribution in [3.8, 4) is 0 Å². The van der Waals surface area contributed by atoms with Crippen molar-refractivity contribution < 1.29 is 5.11 Å². The summed E-state index contributed by atoms with van der Waals surface area (Å²) in [6.07, 6.45) is 2.45. The van der Waals surface area contributed by atoms with Gasteiger partial charge in [-0.1, -0.05) is 37.3 Å². The van der Waals surface area contributed by atoms with Gasteiger partial charge in [-0.2, -0.15) is 0 Å². The number of nitrogens with zero attached hydrogens (tertiary/aromatic N) is 2. The van der Waals surface area contributed by atoms with Crippen LogP contribution in [0.1, 0.15) is 25.3 Å². The molecule has 3 nitrogen and oxygen atoms in total. The first-order valence-electron chi connectivity index (χ1n) is 7.60. The molecule has 0 aromatic heterocycles. The van der Waals surface area contributed by atoms with E-state index >= 15 is 0 Å². The van der Waals surface area contributed by atoms with Crippen LogP contribution in [0.3, 0.4) is 0 Å². The molecule has 2 rings (SSSR count). The second-order valence-corrected chi connectivity index (χ2v) is 6.56. The zero-order valence-corrected chi connectivity index (χ0v) is 13.0. The van der Waals surface area contributed by atoms with Crippen molar-refractivity contribution in [2.75, 3.05) is 40.3 Å². The SMILES string of the molecule is CN(C)C1CCN(CC(C)(CO)c2ccccc2)CC1. The smallest absolute Gasteiger partial charge is 0.0537 e.